The summed E-state index contributed by atoms with van der Waals surface area (Å²) >= 11 is 0. The third kappa shape index (κ3) is 3.25. The summed E-state index contributed by atoms with van der Waals surface area (Å²) in [6, 6.07) is 0.786. The maximum atomic E-state index is 3.61. The van der Waals surface area contributed by atoms with E-state index in [-0.39, 0.29) is 0 Å². The van der Waals surface area contributed by atoms with Gasteiger partial charge in [-0.25, -0.2) is 0 Å². The minimum atomic E-state index is 0.291. The average molecular weight is 198 g/mol. The minimum absolute atomic E-state index is 0.291. The SMILES string of the molecule is CCC(CC)N1CCCNC(C)(C)C1. The monoisotopic (exact) mass is 198 g/mol. The lowest BCUT2D eigenvalue weighted by Crippen LogP contribution is -2.48. The molecule has 0 aromatic carbocycles. The van der Waals surface area contributed by atoms with Gasteiger partial charge < -0.3 is 5.32 Å². The molecule has 0 spiro atoms. The molecule has 0 bridgehead atoms. The summed E-state index contributed by atoms with van der Waals surface area (Å²) in [5, 5.41) is 3.61. The smallest absolute Gasteiger partial charge is 0.0252 e. The maximum absolute atomic E-state index is 3.61. The van der Waals surface area contributed by atoms with Crippen molar-refractivity contribution >= 4 is 0 Å². The lowest BCUT2D eigenvalue weighted by molar-refractivity contribution is 0.160. The van der Waals surface area contributed by atoms with Crippen molar-refractivity contribution in [2.45, 2.75) is 58.5 Å². The molecule has 0 amide bonds. The van der Waals surface area contributed by atoms with Gasteiger partial charge in [-0.1, -0.05) is 13.8 Å². The Morgan fingerprint density at radius 3 is 2.50 bits per heavy atom. The maximum Gasteiger partial charge on any atom is 0.0252 e. The van der Waals surface area contributed by atoms with Crippen LogP contribution in [0.3, 0.4) is 0 Å². The fourth-order valence-electron chi connectivity index (χ4n) is 2.47. The molecule has 1 heterocycles. The van der Waals surface area contributed by atoms with Gasteiger partial charge in [-0.2, -0.15) is 0 Å². The van der Waals surface area contributed by atoms with Crippen LogP contribution in [-0.2, 0) is 0 Å². The molecule has 14 heavy (non-hydrogen) atoms. The van der Waals surface area contributed by atoms with E-state index >= 15 is 0 Å². The number of hydrogen-bond donors (Lipinski definition) is 1. The summed E-state index contributed by atoms with van der Waals surface area (Å²) < 4.78 is 0. The highest BCUT2D eigenvalue weighted by Gasteiger charge is 2.26. The van der Waals surface area contributed by atoms with E-state index in [1.807, 2.05) is 0 Å². The van der Waals surface area contributed by atoms with E-state index in [4.69, 9.17) is 0 Å². The largest absolute Gasteiger partial charge is 0.310 e. The summed E-state index contributed by atoms with van der Waals surface area (Å²) in [5.41, 5.74) is 0.291. The molecule has 0 aliphatic carbocycles. The molecule has 0 aromatic rings. The predicted molar refractivity (Wildman–Crippen MR) is 62.6 cm³/mol. The van der Waals surface area contributed by atoms with Crippen LogP contribution in [0.5, 0.6) is 0 Å². The quantitative estimate of drug-likeness (QED) is 0.748. The van der Waals surface area contributed by atoms with Gasteiger partial charge in [0.1, 0.15) is 0 Å². The second-order valence-corrected chi connectivity index (χ2v) is 5.11. The van der Waals surface area contributed by atoms with Crippen molar-refractivity contribution in [3.8, 4) is 0 Å². The molecule has 1 saturated heterocycles. The van der Waals surface area contributed by atoms with Crippen LogP contribution in [0, 0.1) is 0 Å². The Morgan fingerprint density at radius 1 is 1.29 bits per heavy atom. The molecule has 84 valence electrons. The van der Waals surface area contributed by atoms with Gasteiger partial charge in [0.15, 0.2) is 0 Å². The Labute approximate surface area is 89.1 Å². The van der Waals surface area contributed by atoms with Gasteiger partial charge in [0.25, 0.3) is 0 Å². The lowest BCUT2D eigenvalue weighted by atomic mass is 10.0. The normalized spacial score (nSPS) is 23.8. The second kappa shape index (κ2) is 5.13. The van der Waals surface area contributed by atoms with Crippen molar-refractivity contribution in [2.75, 3.05) is 19.6 Å². The van der Waals surface area contributed by atoms with Crippen molar-refractivity contribution < 1.29 is 0 Å². The highest BCUT2D eigenvalue weighted by atomic mass is 15.2. The molecule has 0 unspecified atom stereocenters. The van der Waals surface area contributed by atoms with Crippen molar-refractivity contribution in [2.24, 2.45) is 0 Å². The Hall–Kier alpha value is -0.0800. The zero-order valence-electron chi connectivity index (χ0n) is 10.3. The topological polar surface area (TPSA) is 15.3 Å². The first-order chi connectivity index (χ1) is 6.59. The van der Waals surface area contributed by atoms with Crippen LogP contribution in [0.4, 0.5) is 0 Å². The average Bonchev–Trinajstić information content (AvgIpc) is 2.29. The summed E-state index contributed by atoms with van der Waals surface area (Å²) in [6.45, 7) is 12.9. The Balaban J connectivity index is 2.58. The molecule has 2 nitrogen and oxygen atoms in total. The lowest BCUT2D eigenvalue weighted by Gasteiger charge is -2.34. The first-order valence-corrected chi connectivity index (χ1v) is 6.08. The van der Waals surface area contributed by atoms with E-state index in [9.17, 15) is 0 Å². The molecular weight excluding hydrogens is 172 g/mol. The summed E-state index contributed by atoms with van der Waals surface area (Å²) in [7, 11) is 0. The Kier molecular flexibility index (Phi) is 4.39. The van der Waals surface area contributed by atoms with E-state index in [0.29, 0.717) is 5.54 Å². The number of hydrogen-bond acceptors (Lipinski definition) is 2. The molecule has 0 aromatic heterocycles. The van der Waals surface area contributed by atoms with Crippen molar-refractivity contribution in [1.82, 2.24) is 10.2 Å². The number of nitrogens with zero attached hydrogens (tertiary/aromatic N) is 1. The molecule has 1 N–H and O–H groups in total. The summed E-state index contributed by atoms with van der Waals surface area (Å²) in [5.74, 6) is 0. The summed E-state index contributed by atoms with van der Waals surface area (Å²) in [4.78, 5) is 2.67. The molecule has 1 rings (SSSR count). The molecule has 1 aliphatic heterocycles. The Morgan fingerprint density at radius 2 is 1.93 bits per heavy atom. The predicted octanol–water partition coefficient (Wildman–Crippen LogP) is 2.25. The van der Waals surface area contributed by atoms with Gasteiger partial charge in [-0.05, 0) is 46.2 Å². The second-order valence-electron chi connectivity index (χ2n) is 5.11. The number of rotatable bonds is 3. The van der Waals surface area contributed by atoms with Gasteiger partial charge in [-0.3, -0.25) is 4.90 Å². The van der Waals surface area contributed by atoms with E-state index in [1.54, 1.807) is 0 Å². The van der Waals surface area contributed by atoms with Crippen molar-refractivity contribution in [3.05, 3.63) is 0 Å². The highest BCUT2D eigenvalue weighted by molar-refractivity contribution is 4.87. The van der Waals surface area contributed by atoms with Gasteiger partial charge in [0, 0.05) is 18.1 Å². The van der Waals surface area contributed by atoms with Gasteiger partial charge in [-0.15, -0.1) is 0 Å². The third-order valence-corrected chi connectivity index (χ3v) is 3.28. The van der Waals surface area contributed by atoms with Crippen LogP contribution in [0.15, 0.2) is 0 Å². The van der Waals surface area contributed by atoms with Crippen LogP contribution in [-0.4, -0.2) is 36.1 Å². The van der Waals surface area contributed by atoms with E-state index in [1.165, 1.54) is 38.9 Å². The van der Waals surface area contributed by atoms with Crippen LogP contribution >= 0.6 is 0 Å². The number of nitrogens with one attached hydrogen (secondary N) is 1. The van der Waals surface area contributed by atoms with Crippen molar-refractivity contribution in [1.29, 1.82) is 0 Å². The molecule has 0 radical (unpaired) electrons. The van der Waals surface area contributed by atoms with Crippen LogP contribution in [0.25, 0.3) is 0 Å². The van der Waals surface area contributed by atoms with Crippen LogP contribution in [0.2, 0.25) is 0 Å². The minimum Gasteiger partial charge on any atom is -0.310 e. The fourth-order valence-corrected chi connectivity index (χ4v) is 2.47. The van der Waals surface area contributed by atoms with E-state index < -0.39 is 0 Å². The molecule has 1 fully saturated rings. The van der Waals surface area contributed by atoms with E-state index in [2.05, 4.69) is 37.9 Å². The first kappa shape index (κ1) is 12.0. The summed E-state index contributed by atoms with van der Waals surface area (Å²) in [6.07, 6.45) is 3.86. The Bertz CT molecular complexity index is 162. The third-order valence-electron chi connectivity index (χ3n) is 3.28. The van der Waals surface area contributed by atoms with Gasteiger partial charge >= 0.3 is 0 Å². The molecular formula is C12H26N2. The zero-order chi connectivity index (χ0) is 10.6. The van der Waals surface area contributed by atoms with Gasteiger partial charge in [0.2, 0.25) is 0 Å². The van der Waals surface area contributed by atoms with Crippen LogP contribution < -0.4 is 5.32 Å². The fraction of sp³-hybridized carbons (Fsp3) is 1.00. The van der Waals surface area contributed by atoms with Crippen molar-refractivity contribution in [3.63, 3.8) is 0 Å². The molecule has 1 aliphatic rings. The zero-order valence-corrected chi connectivity index (χ0v) is 10.3. The standard InChI is InChI=1S/C12H26N2/c1-5-11(6-2)14-9-7-8-13-12(3,4)10-14/h11,13H,5-10H2,1-4H3. The first-order valence-electron chi connectivity index (χ1n) is 6.08. The molecule has 0 atom stereocenters. The molecule has 2 heteroatoms. The van der Waals surface area contributed by atoms with E-state index in [0.717, 1.165) is 6.04 Å². The highest BCUT2D eigenvalue weighted by Crippen LogP contribution is 2.16. The molecule has 0 saturated carbocycles. The van der Waals surface area contributed by atoms with Crippen LogP contribution in [0.1, 0.15) is 47.0 Å². The van der Waals surface area contributed by atoms with Gasteiger partial charge in [0.05, 0.1) is 0 Å².